The number of halogens is 1. The Morgan fingerprint density at radius 2 is 2.04 bits per heavy atom. The highest BCUT2D eigenvalue weighted by Gasteiger charge is 2.30. The Hall–Kier alpha value is -1.99. The smallest absolute Gasteiger partial charge is 0.224 e. The zero-order chi connectivity index (χ0) is 19.1. The number of piperidine rings is 1. The summed E-state index contributed by atoms with van der Waals surface area (Å²) in [6.45, 7) is 5.60. The fourth-order valence-corrected chi connectivity index (χ4v) is 3.60. The fourth-order valence-electron chi connectivity index (χ4n) is 3.60. The molecule has 7 heteroatoms. The number of morpholine rings is 1. The molecule has 2 heterocycles. The van der Waals surface area contributed by atoms with Crippen LogP contribution in [-0.2, 0) is 20.9 Å². The number of likely N-dealkylation sites (tertiary alicyclic amines) is 1. The van der Waals surface area contributed by atoms with Crippen LogP contribution in [0.1, 0.15) is 24.8 Å². The summed E-state index contributed by atoms with van der Waals surface area (Å²) in [6, 6.07) is 6.45. The second-order valence-electron chi connectivity index (χ2n) is 7.20. The van der Waals surface area contributed by atoms with Crippen molar-refractivity contribution in [2.75, 3.05) is 45.9 Å². The van der Waals surface area contributed by atoms with E-state index in [1.807, 2.05) is 0 Å². The lowest BCUT2D eigenvalue weighted by Crippen LogP contribution is -2.46. The summed E-state index contributed by atoms with van der Waals surface area (Å²) in [5.41, 5.74) is 0.484. The molecule has 6 nitrogen and oxygen atoms in total. The van der Waals surface area contributed by atoms with Crippen molar-refractivity contribution in [2.45, 2.75) is 25.8 Å². The molecule has 0 aromatic heterocycles. The lowest BCUT2D eigenvalue weighted by molar-refractivity contribution is -0.138. The van der Waals surface area contributed by atoms with Crippen molar-refractivity contribution >= 4 is 11.8 Å². The van der Waals surface area contributed by atoms with Crippen molar-refractivity contribution in [1.82, 2.24) is 15.1 Å². The van der Waals surface area contributed by atoms with E-state index in [0.29, 0.717) is 31.5 Å². The Bertz CT molecular complexity index is 649. The van der Waals surface area contributed by atoms with Crippen LogP contribution in [0.4, 0.5) is 4.39 Å². The zero-order valence-corrected chi connectivity index (χ0v) is 15.7. The van der Waals surface area contributed by atoms with Gasteiger partial charge >= 0.3 is 0 Å². The van der Waals surface area contributed by atoms with E-state index in [1.165, 1.54) is 6.07 Å². The molecule has 1 N–H and O–H groups in total. The number of benzene rings is 1. The van der Waals surface area contributed by atoms with Gasteiger partial charge in [-0.25, -0.2) is 4.39 Å². The van der Waals surface area contributed by atoms with Gasteiger partial charge in [0.15, 0.2) is 0 Å². The van der Waals surface area contributed by atoms with Gasteiger partial charge in [0.2, 0.25) is 11.8 Å². The molecule has 0 radical (unpaired) electrons. The number of carbonyl (C=O) groups is 2. The van der Waals surface area contributed by atoms with Crippen LogP contribution < -0.4 is 5.32 Å². The minimum Gasteiger partial charge on any atom is -0.379 e. The van der Waals surface area contributed by atoms with E-state index >= 15 is 0 Å². The molecule has 0 unspecified atom stereocenters. The van der Waals surface area contributed by atoms with Crippen LogP contribution >= 0.6 is 0 Å². The molecule has 1 aromatic carbocycles. The summed E-state index contributed by atoms with van der Waals surface area (Å²) in [5.74, 6) is -0.574. The van der Waals surface area contributed by atoms with Gasteiger partial charge in [0.05, 0.1) is 19.1 Å². The molecule has 2 amide bonds. The molecule has 148 valence electrons. The molecule has 2 aliphatic rings. The minimum absolute atomic E-state index is 0.0111. The molecule has 1 atom stereocenters. The van der Waals surface area contributed by atoms with Crippen molar-refractivity contribution in [2.24, 2.45) is 5.92 Å². The van der Waals surface area contributed by atoms with Crippen molar-refractivity contribution in [3.05, 3.63) is 35.6 Å². The Morgan fingerprint density at radius 3 is 2.81 bits per heavy atom. The lowest BCUT2D eigenvalue weighted by atomic mass is 9.96. The molecular weight excluding hydrogens is 349 g/mol. The van der Waals surface area contributed by atoms with Gasteiger partial charge in [-0.1, -0.05) is 18.2 Å². The van der Waals surface area contributed by atoms with Crippen LogP contribution in [0.3, 0.4) is 0 Å². The van der Waals surface area contributed by atoms with Gasteiger partial charge in [0, 0.05) is 44.7 Å². The SMILES string of the molecule is O=C(NCCCN1CCOCC1)[C@H]1CCC(=O)N(Cc2ccccc2F)C1. The third-order valence-electron chi connectivity index (χ3n) is 5.24. The van der Waals surface area contributed by atoms with Crippen LogP contribution in [0.2, 0.25) is 0 Å². The number of hydrogen-bond acceptors (Lipinski definition) is 4. The highest BCUT2D eigenvalue weighted by atomic mass is 19.1. The molecular formula is C20H28FN3O3. The fraction of sp³-hybridized carbons (Fsp3) is 0.600. The van der Waals surface area contributed by atoms with E-state index in [9.17, 15) is 14.0 Å². The van der Waals surface area contributed by atoms with Crippen molar-refractivity contribution in [3.8, 4) is 0 Å². The minimum atomic E-state index is -0.319. The largest absolute Gasteiger partial charge is 0.379 e. The zero-order valence-electron chi connectivity index (χ0n) is 15.7. The van der Waals surface area contributed by atoms with Crippen LogP contribution in [-0.4, -0.2) is 67.6 Å². The van der Waals surface area contributed by atoms with E-state index < -0.39 is 0 Å². The second kappa shape index (κ2) is 9.80. The molecule has 0 aliphatic carbocycles. The summed E-state index contributed by atoms with van der Waals surface area (Å²) in [4.78, 5) is 28.6. The average Bonchev–Trinajstić information content (AvgIpc) is 2.69. The second-order valence-corrected chi connectivity index (χ2v) is 7.20. The number of amides is 2. The topological polar surface area (TPSA) is 61.9 Å². The van der Waals surface area contributed by atoms with E-state index in [-0.39, 0.29) is 30.1 Å². The predicted molar refractivity (Wildman–Crippen MR) is 99.4 cm³/mol. The maximum Gasteiger partial charge on any atom is 0.224 e. The highest BCUT2D eigenvalue weighted by Crippen LogP contribution is 2.21. The molecule has 0 bridgehead atoms. The summed E-state index contributed by atoms with van der Waals surface area (Å²) < 4.78 is 19.2. The number of carbonyl (C=O) groups excluding carboxylic acids is 2. The molecule has 2 aliphatic heterocycles. The summed E-state index contributed by atoms with van der Waals surface area (Å²) in [6.07, 6.45) is 1.79. The normalized spacial score (nSPS) is 21.3. The van der Waals surface area contributed by atoms with E-state index in [4.69, 9.17) is 4.74 Å². The molecule has 2 saturated heterocycles. The van der Waals surface area contributed by atoms with Crippen molar-refractivity contribution in [1.29, 1.82) is 0 Å². The van der Waals surface area contributed by atoms with Gasteiger partial charge in [0.25, 0.3) is 0 Å². The lowest BCUT2D eigenvalue weighted by Gasteiger charge is -2.32. The third-order valence-corrected chi connectivity index (χ3v) is 5.24. The standard InChI is InChI=1S/C20H28FN3O3/c21-18-5-2-1-4-16(18)14-24-15-17(6-7-19(24)25)20(26)22-8-3-9-23-10-12-27-13-11-23/h1-2,4-5,17H,3,6-15H2,(H,22,26)/t17-/m0/s1. The van der Waals surface area contributed by atoms with Gasteiger partial charge in [0.1, 0.15) is 5.82 Å². The van der Waals surface area contributed by atoms with E-state index in [1.54, 1.807) is 23.1 Å². The highest BCUT2D eigenvalue weighted by molar-refractivity contribution is 5.83. The van der Waals surface area contributed by atoms with Gasteiger partial charge in [-0.15, -0.1) is 0 Å². The first-order chi connectivity index (χ1) is 13.1. The summed E-state index contributed by atoms with van der Waals surface area (Å²) in [7, 11) is 0. The molecule has 27 heavy (non-hydrogen) atoms. The quantitative estimate of drug-likeness (QED) is 0.730. The molecule has 1 aromatic rings. The van der Waals surface area contributed by atoms with Crippen LogP contribution in [0.25, 0.3) is 0 Å². The maximum absolute atomic E-state index is 13.9. The average molecular weight is 377 g/mol. The number of ether oxygens (including phenoxy) is 1. The Morgan fingerprint density at radius 1 is 1.26 bits per heavy atom. The molecule has 0 spiro atoms. The van der Waals surface area contributed by atoms with Crippen molar-refractivity contribution < 1.29 is 18.7 Å². The van der Waals surface area contributed by atoms with Gasteiger partial charge < -0.3 is 15.0 Å². The Balaban J connectivity index is 1.43. The Kier molecular flexibility index (Phi) is 7.18. The summed E-state index contributed by atoms with van der Waals surface area (Å²) >= 11 is 0. The van der Waals surface area contributed by atoms with Crippen molar-refractivity contribution in [3.63, 3.8) is 0 Å². The Labute approximate surface area is 159 Å². The van der Waals surface area contributed by atoms with E-state index in [0.717, 1.165) is 39.3 Å². The van der Waals surface area contributed by atoms with Gasteiger partial charge in [-0.05, 0) is 25.5 Å². The number of hydrogen-bond donors (Lipinski definition) is 1. The number of nitrogens with one attached hydrogen (secondary N) is 1. The summed E-state index contributed by atoms with van der Waals surface area (Å²) in [5, 5.41) is 2.99. The molecule has 0 saturated carbocycles. The van der Waals surface area contributed by atoms with Crippen LogP contribution in [0.5, 0.6) is 0 Å². The number of nitrogens with zero attached hydrogens (tertiary/aromatic N) is 2. The van der Waals surface area contributed by atoms with E-state index in [2.05, 4.69) is 10.2 Å². The third kappa shape index (κ3) is 5.74. The van der Waals surface area contributed by atoms with Crippen LogP contribution in [0.15, 0.2) is 24.3 Å². The van der Waals surface area contributed by atoms with Crippen LogP contribution in [0, 0.1) is 11.7 Å². The monoisotopic (exact) mass is 377 g/mol. The first-order valence-corrected chi connectivity index (χ1v) is 9.72. The van der Waals surface area contributed by atoms with Gasteiger partial charge in [-0.2, -0.15) is 0 Å². The molecule has 3 rings (SSSR count). The predicted octanol–water partition coefficient (Wildman–Crippen LogP) is 1.40. The molecule has 2 fully saturated rings. The van der Waals surface area contributed by atoms with Gasteiger partial charge in [-0.3, -0.25) is 14.5 Å². The first kappa shape index (κ1) is 19.8. The first-order valence-electron chi connectivity index (χ1n) is 9.72. The maximum atomic E-state index is 13.9. The number of rotatable bonds is 7.